The molecule has 0 aliphatic carbocycles. The number of nitriles is 1. The predicted octanol–water partition coefficient (Wildman–Crippen LogP) is 1.88. The lowest BCUT2D eigenvalue weighted by Gasteiger charge is -2.40. The molecule has 1 aliphatic heterocycles. The average Bonchev–Trinajstić information content (AvgIpc) is 2.24. The summed E-state index contributed by atoms with van der Waals surface area (Å²) >= 11 is 0. The van der Waals surface area contributed by atoms with Gasteiger partial charge >= 0.3 is 0 Å². The highest BCUT2D eigenvalue weighted by Crippen LogP contribution is 2.36. The van der Waals surface area contributed by atoms with E-state index in [1.54, 1.807) is 7.11 Å². The first-order valence-electron chi connectivity index (χ1n) is 4.90. The number of methoxy groups -OCH3 is 1. The van der Waals surface area contributed by atoms with Crippen LogP contribution in [0.25, 0.3) is 0 Å². The molecule has 0 spiro atoms. The smallest absolute Gasteiger partial charge is 0.118 e. The molecule has 0 amide bonds. The fourth-order valence-corrected chi connectivity index (χ4v) is 1.82. The lowest BCUT2D eigenvalue weighted by molar-refractivity contribution is -0.0577. The maximum absolute atomic E-state index is 8.80. The van der Waals surface area contributed by atoms with E-state index in [9.17, 15) is 0 Å². The van der Waals surface area contributed by atoms with E-state index in [0.29, 0.717) is 19.6 Å². The van der Waals surface area contributed by atoms with E-state index >= 15 is 0 Å². The summed E-state index contributed by atoms with van der Waals surface area (Å²) in [5.74, 6) is 0.839. The number of rotatable bonds is 3. The van der Waals surface area contributed by atoms with Gasteiger partial charge in [-0.2, -0.15) is 5.26 Å². The molecule has 1 aliphatic rings. The minimum absolute atomic E-state index is 0.0823. The van der Waals surface area contributed by atoms with Gasteiger partial charge in [-0.05, 0) is 17.7 Å². The quantitative estimate of drug-likeness (QED) is 0.753. The van der Waals surface area contributed by atoms with E-state index in [0.717, 1.165) is 11.3 Å². The molecule has 3 nitrogen and oxygen atoms in total. The highest BCUT2D eigenvalue weighted by molar-refractivity contribution is 5.34. The van der Waals surface area contributed by atoms with Crippen LogP contribution in [0.15, 0.2) is 24.3 Å². The minimum atomic E-state index is -0.0823. The molecule has 0 unspecified atom stereocenters. The Balaban J connectivity index is 2.24. The first-order chi connectivity index (χ1) is 7.30. The second kappa shape index (κ2) is 3.92. The fraction of sp³-hybridized carbons (Fsp3) is 0.417. The predicted molar refractivity (Wildman–Crippen MR) is 55.7 cm³/mol. The Kier molecular flexibility index (Phi) is 2.61. The van der Waals surface area contributed by atoms with Gasteiger partial charge in [0, 0.05) is 6.42 Å². The first-order valence-corrected chi connectivity index (χ1v) is 4.90. The van der Waals surface area contributed by atoms with Crippen LogP contribution in [0.3, 0.4) is 0 Å². The Morgan fingerprint density at radius 1 is 1.40 bits per heavy atom. The molecule has 1 fully saturated rings. The Morgan fingerprint density at radius 3 is 2.47 bits per heavy atom. The molecule has 1 aromatic carbocycles. The molecule has 0 saturated carbocycles. The average molecular weight is 203 g/mol. The molecule has 0 radical (unpaired) electrons. The molecule has 2 rings (SSSR count). The Bertz CT molecular complexity index is 374. The van der Waals surface area contributed by atoms with E-state index in [4.69, 9.17) is 14.7 Å². The van der Waals surface area contributed by atoms with Gasteiger partial charge in [0.05, 0.1) is 31.8 Å². The molecule has 15 heavy (non-hydrogen) atoms. The summed E-state index contributed by atoms with van der Waals surface area (Å²) in [4.78, 5) is 0. The van der Waals surface area contributed by atoms with Gasteiger partial charge < -0.3 is 9.47 Å². The largest absolute Gasteiger partial charge is 0.497 e. The molecular formula is C12H13NO2. The first kappa shape index (κ1) is 10.0. The molecule has 1 heterocycles. The molecule has 78 valence electrons. The second-order valence-corrected chi connectivity index (χ2v) is 3.84. The van der Waals surface area contributed by atoms with Gasteiger partial charge in [-0.1, -0.05) is 12.1 Å². The summed E-state index contributed by atoms with van der Waals surface area (Å²) in [7, 11) is 1.65. The van der Waals surface area contributed by atoms with Gasteiger partial charge in [0.25, 0.3) is 0 Å². The maximum atomic E-state index is 8.80. The van der Waals surface area contributed by atoms with Gasteiger partial charge in [-0.15, -0.1) is 0 Å². The van der Waals surface area contributed by atoms with E-state index in [-0.39, 0.29) is 5.41 Å². The van der Waals surface area contributed by atoms with Crippen molar-refractivity contribution in [2.75, 3.05) is 20.3 Å². The zero-order valence-electron chi connectivity index (χ0n) is 8.69. The van der Waals surface area contributed by atoms with Crippen molar-refractivity contribution >= 4 is 0 Å². The minimum Gasteiger partial charge on any atom is -0.497 e. The third kappa shape index (κ3) is 1.69. The van der Waals surface area contributed by atoms with Crippen molar-refractivity contribution < 1.29 is 9.47 Å². The van der Waals surface area contributed by atoms with E-state index in [2.05, 4.69) is 6.07 Å². The second-order valence-electron chi connectivity index (χ2n) is 3.84. The zero-order chi connectivity index (χ0) is 10.7. The van der Waals surface area contributed by atoms with Gasteiger partial charge in [0.2, 0.25) is 0 Å². The number of benzene rings is 1. The van der Waals surface area contributed by atoms with Crippen LogP contribution in [-0.2, 0) is 10.2 Å². The highest BCUT2D eigenvalue weighted by Gasteiger charge is 2.40. The van der Waals surface area contributed by atoms with Crippen LogP contribution in [-0.4, -0.2) is 20.3 Å². The molecular weight excluding hydrogens is 190 g/mol. The molecule has 1 aromatic rings. The van der Waals surface area contributed by atoms with Crippen molar-refractivity contribution in [3.63, 3.8) is 0 Å². The van der Waals surface area contributed by atoms with Crippen LogP contribution in [0, 0.1) is 11.3 Å². The molecule has 0 N–H and O–H groups in total. The van der Waals surface area contributed by atoms with Crippen LogP contribution in [0.5, 0.6) is 5.75 Å². The summed E-state index contributed by atoms with van der Waals surface area (Å²) in [5, 5.41) is 8.80. The zero-order valence-corrected chi connectivity index (χ0v) is 8.69. The van der Waals surface area contributed by atoms with Gasteiger partial charge in [0.1, 0.15) is 5.75 Å². The van der Waals surface area contributed by atoms with E-state index < -0.39 is 0 Å². The Labute approximate surface area is 89.2 Å². The Morgan fingerprint density at radius 2 is 2.07 bits per heavy atom. The third-order valence-corrected chi connectivity index (χ3v) is 2.88. The molecule has 0 aromatic heterocycles. The van der Waals surface area contributed by atoms with Crippen molar-refractivity contribution in [2.24, 2.45) is 0 Å². The number of hydrogen-bond acceptors (Lipinski definition) is 3. The SMILES string of the molecule is COc1ccc(C2(CC#N)COC2)cc1. The lowest BCUT2D eigenvalue weighted by Crippen LogP contribution is -2.46. The van der Waals surface area contributed by atoms with Gasteiger partial charge in [-0.3, -0.25) is 0 Å². The van der Waals surface area contributed by atoms with Crippen LogP contribution in [0.4, 0.5) is 0 Å². The number of nitrogens with zero attached hydrogens (tertiary/aromatic N) is 1. The summed E-state index contributed by atoms with van der Waals surface area (Å²) in [6.07, 6.45) is 0.513. The molecule has 0 atom stereocenters. The molecule has 0 bridgehead atoms. The van der Waals surface area contributed by atoms with Crippen molar-refractivity contribution in [2.45, 2.75) is 11.8 Å². The van der Waals surface area contributed by atoms with Crippen LogP contribution in [0.1, 0.15) is 12.0 Å². The topological polar surface area (TPSA) is 42.2 Å². The Hall–Kier alpha value is -1.53. The third-order valence-electron chi connectivity index (χ3n) is 2.88. The number of hydrogen-bond donors (Lipinski definition) is 0. The monoisotopic (exact) mass is 203 g/mol. The standard InChI is InChI=1S/C12H13NO2/c1-14-11-4-2-10(3-5-11)12(6-7-13)8-15-9-12/h2-5H,6,8-9H2,1H3. The summed E-state index contributed by atoms with van der Waals surface area (Å²) in [5.41, 5.74) is 1.08. The van der Waals surface area contributed by atoms with Crippen molar-refractivity contribution in [3.05, 3.63) is 29.8 Å². The van der Waals surface area contributed by atoms with Crippen LogP contribution in [0.2, 0.25) is 0 Å². The highest BCUT2D eigenvalue weighted by atomic mass is 16.5. The van der Waals surface area contributed by atoms with E-state index in [1.807, 2.05) is 24.3 Å². The summed E-state index contributed by atoms with van der Waals surface area (Å²) in [6.45, 7) is 1.29. The lowest BCUT2D eigenvalue weighted by atomic mass is 9.76. The van der Waals surface area contributed by atoms with Gasteiger partial charge in [-0.25, -0.2) is 0 Å². The fourth-order valence-electron chi connectivity index (χ4n) is 1.82. The van der Waals surface area contributed by atoms with Crippen molar-refractivity contribution in [3.8, 4) is 11.8 Å². The van der Waals surface area contributed by atoms with E-state index in [1.165, 1.54) is 0 Å². The summed E-state index contributed by atoms with van der Waals surface area (Å²) in [6, 6.07) is 10.1. The van der Waals surface area contributed by atoms with Crippen molar-refractivity contribution in [1.82, 2.24) is 0 Å². The summed E-state index contributed by atoms with van der Waals surface area (Å²) < 4.78 is 10.3. The van der Waals surface area contributed by atoms with Gasteiger partial charge in [0.15, 0.2) is 0 Å². The maximum Gasteiger partial charge on any atom is 0.118 e. The van der Waals surface area contributed by atoms with Crippen molar-refractivity contribution in [1.29, 1.82) is 5.26 Å². The normalized spacial score (nSPS) is 17.6. The molecule has 1 saturated heterocycles. The van der Waals surface area contributed by atoms with Crippen LogP contribution < -0.4 is 4.74 Å². The van der Waals surface area contributed by atoms with Crippen LogP contribution >= 0.6 is 0 Å². The molecule has 3 heteroatoms. The number of ether oxygens (including phenoxy) is 2.